The zero-order chi connectivity index (χ0) is 27.1. The number of hydrogen-bond acceptors (Lipinski definition) is 10. The molecule has 2 aliphatic rings. The van der Waals surface area contributed by atoms with Crippen molar-refractivity contribution in [3.05, 3.63) is 52.9 Å². The lowest BCUT2D eigenvalue weighted by Crippen LogP contribution is -2.46. The van der Waals surface area contributed by atoms with Crippen molar-refractivity contribution in [3.8, 4) is 11.8 Å². The van der Waals surface area contributed by atoms with Crippen molar-refractivity contribution >= 4 is 17.5 Å². The van der Waals surface area contributed by atoms with Crippen LogP contribution in [0.1, 0.15) is 40.4 Å². The number of aromatic nitrogens is 2. The molecule has 0 aliphatic carbocycles. The first-order valence-electron chi connectivity index (χ1n) is 11.9. The third-order valence-corrected chi connectivity index (χ3v) is 5.90. The van der Waals surface area contributed by atoms with Crippen LogP contribution in [0.3, 0.4) is 0 Å². The summed E-state index contributed by atoms with van der Waals surface area (Å²) in [5.74, 6) is -0.786. The molecule has 0 radical (unpaired) electrons. The zero-order valence-electron chi connectivity index (χ0n) is 20.9. The lowest BCUT2D eigenvalue weighted by atomic mass is 10.0. The number of rotatable bonds is 9. The minimum absolute atomic E-state index is 0.0935. The molecule has 0 spiro atoms. The number of benzene rings is 1. The van der Waals surface area contributed by atoms with Gasteiger partial charge in [0, 0.05) is 19.5 Å². The van der Waals surface area contributed by atoms with Gasteiger partial charge in [0.25, 0.3) is 5.91 Å². The Balaban J connectivity index is 1.30. The molecule has 13 heteroatoms. The molecule has 0 saturated carbocycles. The van der Waals surface area contributed by atoms with E-state index in [0.717, 1.165) is 0 Å². The van der Waals surface area contributed by atoms with E-state index in [1.54, 1.807) is 19.1 Å². The molecule has 38 heavy (non-hydrogen) atoms. The van der Waals surface area contributed by atoms with Gasteiger partial charge in [-0.15, -0.1) is 0 Å². The van der Waals surface area contributed by atoms with Gasteiger partial charge < -0.3 is 29.7 Å². The lowest BCUT2D eigenvalue weighted by molar-refractivity contribution is -0.170. The van der Waals surface area contributed by atoms with Gasteiger partial charge >= 0.3 is 0 Å². The first-order valence-corrected chi connectivity index (χ1v) is 11.9. The summed E-state index contributed by atoms with van der Waals surface area (Å²) in [6.45, 7) is 2.58. The number of oxime groups is 1. The van der Waals surface area contributed by atoms with E-state index in [2.05, 4.69) is 25.8 Å². The summed E-state index contributed by atoms with van der Waals surface area (Å²) >= 11 is 0. The fraction of sp³-hybridized carbons (Fsp3) is 0.440. The first-order chi connectivity index (χ1) is 18.4. The number of carbonyl (C=O) groups excluding carboxylic acids is 2. The van der Waals surface area contributed by atoms with Crippen LogP contribution in [-0.2, 0) is 25.7 Å². The highest BCUT2D eigenvalue weighted by Gasteiger charge is 2.35. The van der Waals surface area contributed by atoms with Crippen molar-refractivity contribution in [2.45, 2.75) is 44.6 Å². The van der Waals surface area contributed by atoms with Crippen LogP contribution < -0.4 is 15.4 Å². The quantitative estimate of drug-likeness (QED) is 0.489. The van der Waals surface area contributed by atoms with E-state index in [-0.39, 0.29) is 62.3 Å². The van der Waals surface area contributed by atoms with Crippen LogP contribution in [0.4, 0.5) is 4.39 Å². The maximum atomic E-state index is 13.6. The fourth-order valence-corrected chi connectivity index (χ4v) is 3.92. The summed E-state index contributed by atoms with van der Waals surface area (Å²) in [6.07, 6.45) is -0.912. The average molecular weight is 527 g/mol. The van der Waals surface area contributed by atoms with Crippen LogP contribution in [0.15, 0.2) is 29.4 Å². The molecule has 1 fully saturated rings. The number of nitrogens with zero attached hydrogens (tertiary/aromatic N) is 4. The summed E-state index contributed by atoms with van der Waals surface area (Å²) in [7, 11) is 1.37. The third kappa shape index (κ3) is 6.78. The smallest absolute Gasteiger partial charge is 0.270 e. The predicted molar refractivity (Wildman–Crippen MR) is 130 cm³/mol. The maximum Gasteiger partial charge on any atom is 0.270 e. The Labute approximate surface area is 218 Å². The Hall–Kier alpha value is -4.15. The fourth-order valence-electron chi connectivity index (χ4n) is 3.92. The minimum atomic E-state index is -0.484. The van der Waals surface area contributed by atoms with Crippen LogP contribution in [0.5, 0.6) is 5.75 Å². The van der Waals surface area contributed by atoms with E-state index in [9.17, 15) is 14.0 Å². The Morgan fingerprint density at radius 3 is 2.76 bits per heavy atom. The normalized spacial score (nSPS) is 20.6. The molecule has 2 aliphatic heterocycles. The molecule has 0 bridgehead atoms. The van der Waals surface area contributed by atoms with Crippen LogP contribution in [-0.4, -0.2) is 72.7 Å². The van der Waals surface area contributed by atoms with Crippen molar-refractivity contribution in [1.29, 1.82) is 5.26 Å². The molecule has 2 N–H and O–H groups in total. The van der Waals surface area contributed by atoms with Crippen molar-refractivity contribution in [2.24, 2.45) is 5.16 Å². The molecular formula is C25H27FN6O6. The Morgan fingerprint density at radius 2 is 2.03 bits per heavy atom. The van der Waals surface area contributed by atoms with Crippen molar-refractivity contribution in [2.75, 3.05) is 26.9 Å². The summed E-state index contributed by atoms with van der Waals surface area (Å²) in [5.41, 5.74) is 1.84. The second kappa shape index (κ2) is 12.4. The van der Waals surface area contributed by atoms with Crippen LogP contribution >= 0.6 is 0 Å². The number of amides is 2. The van der Waals surface area contributed by atoms with E-state index in [1.807, 2.05) is 0 Å². The molecule has 1 saturated heterocycles. The Morgan fingerprint density at radius 1 is 1.18 bits per heavy atom. The average Bonchev–Trinajstić information content (AvgIpc) is 3.42. The van der Waals surface area contributed by atoms with E-state index in [4.69, 9.17) is 24.3 Å². The lowest BCUT2D eigenvalue weighted by Gasteiger charge is -2.31. The van der Waals surface area contributed by atoms with Gasteiger partial charge in [0.1, 0.15) is 29.8 Å². The van der Waals surface area contributed by atoms with Crippen LogP contribution in [0.25, 0.3) is 0 Å². The topological polar surface area (TPSA) is 157 Å². The number of carbonyl (C=O) groups is 2. The predicted octanol–water partition coefficient (Wildman–Crippen LogP) is 1.17. The molecule has 1 aromatic carbocycles. The molecule has 2 aromatic rings. The molecule has 12 nitrogen and oxygen atoms in total. The van der Waals surface area contributed by atoms with Gasteiger partial charge in [0.15, 0.2) is 17.7 Å². The summed E-state index contributed by atoms with van der Waals surface area (Å²) < 4.78 is 30.2. The molecule has 4 rings (SSSR count). The van der Waals surface area contributed by atoms with E-state index >= 15 is 0 Å². The highest BCUT2D eigenvalue weighted by Crippen LogP contribution is 2.23. The molecule has 200 valence electrons. The first kappa shape index (κ1) is 26.9. The van der Waals surface area contributed by atoms with E-state index in [1.165, 1.54) is 25.3 Å². The van der Waals surface area contributed by atoms with Gasteiger partial charge in [-0.05, 0) is 30.7 Å². The van der Waals surface area contributed by atoms with Gasteiger partial charge in [-0.1, -0.05) is 11.2 Å². The standard InChI is InChI=1S/C25H27FN6O6/c1-14-30-18(8-20(31-14)25(34)29-10-15-3-4-17(26)21(7-15)35-2)19-9-22(38-32-19)23-13-36-16(12-37-23)11-28-24(33)5-6-27/h3-4,7-8,16,22-23H,5,9-13H2,1-2H3,(H,28,33)(H,29,34)/t16-,22?,23-/m1/s1. The summed E-state index contributed by atoms with van der Waals surface area (Å²) in [6, 6.07) is 7.68. The molecular weight excluding hydrogens is 499 g/mol. The number of hydrogen-bond donors (Lipinski definition) is 2. The van der Waals surface area contributed by atoms with E-state index in [0.29, 0.717) is 29.2 Å². The molecule has 2 amide bonds. The van der Waals surface area contributed by atoms with Crippen LogP contribution in [0.2, 0.25) is 0 Å². The number of methoxy groups -OCH3 is 1. The largest absolute Gasteiger partial charge is 0.494 e. The summed E-state index contributed by atoms with van der Waals surface area (Å²) in [4.78, 5) is 38.4. The SMILES string of the molecule is COc1cc(CNC(=O)c2cc(C3=NOC([C@H]4CO[C@H](CNC(=O)CC#N)CO4)C3)nc(C)n2)ccc1F. The second-order valence-electron chi connectivity index (χ2n) is 8.69. The minimum Gasteiger partial charge on any atom is -0.494 e. The maximum absolute atomic E-state index is 13.6. The monoisotopic (exact) mass is 526 g/mol. The van der Waals surface area contributed by atoms with Crippen molar-refractivity contribution in [1.82, 2.24) is 20.6 Å². The van der Waals surface area contributed by atoms with Gasteiger partial charge in [0.05, 0.1) is 38.2 Å². The van der Waals surface area contributed by atoms with Gasteiger partial charge in [-0.25, -0.2) is 14.4 Å². The number of ether oxygens (including phenoxy) is 3. The molecule has 1 unspecified atom stereocenters. The van der Waals surface area contributed by atoms with Crippen molar-refractivity contribution in [3.63, 3.8) is 0 Å². The van der Waals surface area contributed by atoms with Gasteiger partial charge in [-0.3, -0.25) is 9.59 Å². The molecule has 3 heterocycles. The number of nitriles is 1. The summed E-state index contributed by atoms with van der Waals surface area (Å²) in [5, 5.41) is 18.1. The number of nitrogens with one attached hydrogen (secondary N) is 2. The molecule has 1 aromatic heterocycles. The third-order valence-electron chi connectivity index (χ3n) is 5.90. The highest BCUT2D eigenvalue weighted by atomic mass is 19.1. The molecule has 3 atom stereocenters. The Kier molecular flexibility index (Phi) is 8.77. The van der Waals surface area contributed by atoms with Crippen molar-refractivity contribution < 1.29 is 33.0 Å². The second-order valence-corrected chi connectivity index (χ2v) is 8.69. The van der Waals surface area contributed by atoms with Gasteiger partial charge in [-0.2, -0.15) is 5.26 Å². The van der Waals surface area contributed by atoms with Crippen LogP contribution in [0, 0.1) is 24.1 Å². The Bertz CT molecular complexity index is 1260. The highest BCUT2D eigenvalue weighted by molar-refractivity contribution is 6.02. The van der Waals surface area contributed by atoms with E-state index < -0.39 is 17.8 Å². The number of aryl methyl sites for hydroxylation is 1. The number of halogens is 1. The zero-order valence-corrected chi connectivity index (χ0v) is 20.9. The van der Waals surface area contributed by atoms with Gasteiger partial charge in [0.2, 0.25) is 5.91 Å².